The van der Waals surface area contributed by atoms with Crippen molar-refractivity contribution in [3.05, 3.63) is 52.8 Å². The second kappa shape index (κ2) is 7.45. The number of nitrogens with zero attached hydrogens (tertiary/aromatic N) is 4. The van der Waals surface area contributed by atoms with Gasteiger partial charge < -0.3 is 15.0 Å². The van der Waals surface area contributed by atoms with Crippen molar-refractivity contribution in [1.82, 2.24) is 19.2 Å². The Bertz CT molecular complexity index is 1040. The number of rotatable bonds is 3. The molecule has 3 heterocycles. The molecule has 0 aliphatic carbocycles. The first kappa shape index (κ1) is 18.8. The van der Waals surface area contributed by atoms with E-state index in [1.807, 2.05) is 42.3 Å². The molecule has 0 atom stereocenters. The third kappa shape index (κ3) is 3.57. The topological polar surface area (TPSA) is 66.9 Å². The van der Waals surface area contributed by atoms with Gasteiger partial charge in [-0.25, -0.2) is 4.98 Å². The summed E-state index contributed by atoms with van der Waals surface area (Å²) in [6.07, 6.45) is 1.93. The summed E-state index contributed by atoms with van der Waals surface area (Å²) in [6, 6.07) is 9.82. The lowest BCUT2D eigenvalue weighted by molar-refractivity contribution is -0.130. The van der Waals surface area contributed by atoms with Gasteiger partial charge in [0.05, 0.1) is 11.4 Å². The Kier molecular flexibility index (Phi) is 5.00. The summed E-state index contributed by atoms with van der Waals surface area (Å²) in [6.45, 7) is 7.56. The lowest BCUT2D eigenvalue weighted by Gasteiger charge is -2.34. The molecule has 0 unspecified atom stereocenters. The van der Waals surface area contributed by atoms with Crippen molar-refractivity contribution in [1.29, 1.82) is 0 Å². The zero-order valence-electron chi connectivity index (χ0n) is 16.2. The lowest BCUT2D eigenvalue weighted by Crippen LogP contribution is -2.47. The Morgan fingerprint density at radius 2 is 1.93 bits per heavy atom. The van der Waals surface area contributed by atoms with E-state index in [2.05, 4.69) is 15.4 Å². The number of nitrogen functional groups attached to an aromatic ring is 1. The van der Waals surface area contributed by atoms with Crippen LogP contribution in [0.3, 0.4) is 0 Å². The molecule has 7 heteroatoms. The van der Waals surface area contributed by atoms with E-state index >= 15 is 0 Å². The first-order chi connectivity index (χ1) is 13.4. The van der Waals surface area contributed by atoms with E-state index in [-0.39, 0.29) is 5.91 Å². The molecule has 28 heavy (non-hydrogen) atoms. The van der Waals surface area contributed by atoms with Crippen molar-refractivity contribution >= 4 is 28.8 Å². The van der Waals surface area contributed by atoms with E-state index in [9.17, 15) is 4.79 Å². The van der Waals surface area contributed by atoms with Gasteiger partial charge in [0.25, 0.3) is 0 Å². The maximum Gasteiger partial charge on any atom is 0.219 e. The molecule has 1 fully saturated rings. The summed E-state index contributed by atoms with van der Waals surface area (Å²) in [4.78, 5) is 20.7. The molecule has 6 nitrogen and oxygen atoms in total. The Balaban J connectivity index is 1.72. The van der Waals surface area contributed by atoms with Crippen molar-refractivity contribution in [2.45, 2.75) is 20.4 Å². The number of aromatic nitrogens is 2. The highest BCUT2D eigenvalue weighted by Crippen LogP contribution is 2.29. The molecule has 146 valence electrons. The number of carbonyl (C=O) groups excluding carboxylic acids is 1. The Hall–Kier alpha value is -2.57. The third-order valence-electron chi connectivity index (χ3n) is 5.36. The van der Waals surface area contributed by atoms with Crippen LogP contribution in [-0.4, -0.2) is 51.3 Å². The summed E-state index contributed by atoms with van der Waals surface area (Å²) >= 11 is 6.22. The number of piperazine rings is 1. The fourth-order valence-corrected chi connectivity index (χ4v) is 3.83. The molecule has 3 aromatic rings. The Labute approximate surface area is 169 Å². The van der Waals surface area contributed by atoms with Gasteiger partial charge in [-0.05, 0) is 36.8 Å². The van der Waals surface area contributed by atoms with Crippen LogP contribution >= 0.6 is 11.6 Å². The first-order valence-electron chi connectivity index (χ1n) is 9.43. The monoisotopic (exact) mass is 397 g/mol. The molecule has 1 aliphatic heterocycles. The summed E-state index contributed by atoms with van der Waals surface area (Å²) in [7, 11) is 0. The normalized spacial score (nSPS) is 15.3. The highest BCUT2D eigenvalue weighted by molar-refractivity contribution is 6.31. The van der Waals surface area contributed by atoms with Gasteiger partial charge in [-0.3, -0.25) is 9.69 Å². The van der Waals surface area contributed by atoms with E-state index in [1.165, 1.54) is 0 Å². The van der Waals surface area contributed by atoms with Crippen LogP contribution in [0.4, 0.5) is 5.69 Å². The quantitative estimate of drug-likeness (QED) is 0.736. The first-order valence-corrected chi connectivity index (χ1v) is 9.81. The molecule has 2 aromatic heterocycles. The number of amides is 1. The molecule has 1 aliphatic rings. The number of fused-ring (bicyclic) bond motifs is 1. The number of hydrogen-bond acceptors (Lipinski definition) is 4. The number of pyridine rings is 1. The third-order valence-corrected chi connectivity index (χ3v) is 5.79. The minimum absolute atomic E-state index is 0.138. The summed E-state index contributed by atoms with van der Waals surface area (Å²) in [5, 5.41) is 0.749. The van der Waals surface area contributed by atoms with Crippen LogP contribution in [0.25, 0.3) is 16.9 Å². The molecular weight excluding hydrogens is 374 g/mol. The molecule has 0 radical (unpaired) electrons. The summed E-state index contributed by atoms with van der Waals surface area (Å²) in [5.41, 5.74) is 11.7. The highest BCUT2D eigenvalue weighted by atomic mass is 35.5. The highest BCUT2D eigenvalue weighted by Gasteiger charge is 2.22. The predicted octanol–water partition coefficient (Wildman–Crippen LogP) is 3.21. The summed E-state index contributed by atoms with van der Waals surface area (Å²) in [5.74, 6) is 0.138. The second-order valence-electron chi connectivity index (χ2n) is 7.34. The number of imidazole rings is 1. The van der Waals surface area contributed by atoms with Crippen LogP contribution in [-0.2, 0) is 11.3 Å². The number of aryl methyl sites for hydroxylation is 1. The zero-order chi connectivity index (χ0) is 19.8. The van der Waals surface area contributed by atoms with Crippen molar-refractivity contribution < 1.29 is 4.79 Å². The Morgan fingerprint density at radius 3 is 2.61 bits per heavy atom. The van der Waals surface area contributed by atoms with Crippen LogP contribution in [0.2, 0.25) is 5.02 Å². The average Bonchev–Trinajstić information content (AvgIpc) is 3.02. The number of hydrogen-bond donors (Lipinski definition) is 1. The molecule has 2 N–H and O–H groups in total. The molecule has 4 rings (SSSR count). The van der Waals surface area contributed by atoms with Gasteiger partial charge in [-0.15, -0.1) is 0 Å². The smallest absolute Gasteiger partial charge is 0.219 e. The van der Waals surface area contributed by atoms with Crippen molar-refractivity contribution in [2.75, 3.05) is 31.9 Å². The molecule has 0 spiro atoms. The maximum absolute atomic E-state index is 11.6. The fourth-order valence-electron chi connectivity index (χ4n) is 3.72. The number of benzene rings is 1. The van der Waals surface area contributed by atoms with Crippen LogP contribution in [0.5, 0.6) is 0 Å². The van der Waals surface area contributed by atoms with E-state index in [0.29, 0.717) is 5.69 Å². The van der Waals surface area contributed by atoms with Crippen LogP contribution < -0.4 is 5.73 Å². The molecule has 1 aromatic carbocycles. The molecular formula is C21H24ClN5O. The molecule has 0 bridgehead atoms. The van der Waals surface area contributed by atoms with Crippen LogP contribution in [0, 0.1) is 6.92 Å². The van der Waals surface area contributed by atoms with Crippen LogP contribution in [0.15, 0.2) is 36.5 Å². The maximum atomic E-state index is 11.6. The standard InChI is InChI=1S/C21H24ClN5O/c1-14-11-16(3-5-18(14)22)21-19(27-12-17(23)4-6-20(27)24-21)13-25-7-9-26(10-8-25)15(2)28/h3-6,11-12H,7-10,13,23H2,1-2H3. The van der Waals surface area contributed by atoms with Gasteiger partial charge in [0.2, 0.25) is 5.91 Å². The molecule has 1 amide bonds. The summed E-state index contributed by atoms with van der Waals surface area (Å²) < 4.78 is 2.08. The number of halogens is 1. The zero-order valence-corrected chi connectivity index (χ0v) is 16.9. The number of carbonyl (C=O) groups is 1. The van der Waals surface area contributed by atoms with Gasteiger partial charge in [0.1, 0.15) is 5.65 Å². The van der Waals surface area contributed by atoms with E-state index in [4.69, 9.17) is 22.3 Å². The van der Waals surface area contributed by atoms with Gasteiger partial charge in [-0.2, -0.15) is 0 Å². The molecule has 0 saturated carbocycles. The van der Waals surface area contributed by atoms with Gasteiger partial charge in [0, 0.05) is 62.1 Å². The fraction of sp³-hybridized carbons (Fsp3) is 0.333. The molecule has 1 saturated heterocycles. The van der Waals surface area contributed by atoms with Gasteiger partial charge >= 0.3 is 0 Å². The van der Waals surface area contributed by atoms with E-state index in [1.54, 1.807) is 6.92 Å². The Morgan fingerprint density at radius 1 is 1.18 bits per heavy atom. The predicted molar refractivity (Wildman–Crippen MR) is 112 cm³/mol. The van der Waals surface area contributed by atoms with Gasteiger partial charge in [0.15, 0.2) is 0 Å². The average molecular weight is 398 g/mol. The SMILES string of the molecule is CC(=O)N1CCN(Cc2c(-c3ccc(Cl)c(C)c3)nc3ccc(N)cn23)CC1. The lowest BCUT2D eigenvalue weighted by atomic mass is 10.1. The minimum Gasteiger partial charge on any atom is -0.398 e. The van der Waals surface area contributed by atoms with Crippen molar-refractivity contribution in [3.8, 4) is 11.3 Å². The second-order valence-corrected chi connectivity index (χ2v) is 7.75. The van der Waals surface area contributed by atoms with Crippen molar-refractivity contribution in [2.24, 2.45) is 0 Å². The van der Waals surface area contributed by atoms with Crippen LogP contribution in [0.1, 0.15) is 18.2 Å². The number of nitrogens with two attached hydrogens (primary N) is 1. The van der Waals surface area contributed by atoms with Gasteiger partial charge in [-0.1, -0.05) is 17.7 Å². The largest absolute Gasteiger partial charge is 0.398 e. The minimum atomic E-state index is 0.138. The number of anilines is 1. The van der Waals surface area contributed by atoms with E-state index in [0.717, 1.165) is 65.9 Å². The van der Waals surface area contributed by atoms with Crippen molar-refractivity contribution in [3.63, 3.8) is 0 Å². The van der Waals surface area contributed by atoms with E-state index < -0.39 is 0 Å².